The summed E-state index contributed by atoms with van der Waals surface area (Å²) in [4.78, 5) is 0. The predicted octanol–water partition coefficient (Wildman–Crippen LogP) is 3.91. The van der Waals surface area contributed by atoms with Crippen LogP contribution in [0.2, 0.25) is 0 Å². The summed E-state index contributed by atoms with van der Waals surface area (Å²) in [5.74, 6) is 0. The van der Waals surface area contributed by atoms with Gasteiger partial charge in [-0.2, -0.15) is 13.2 Å². The van der Waals surface area contributed by atoms with Crippen LogP contribution in [0, 0.1) is 0 Å². The second-order valence-corrected chi connectivity index (χ2v) is 4.87. The minimum absolute atomic E-state index is 0.109. The summed E-state index contributed by atoms with van der Waals surface area (Å²) in [7, 11) is 1.08. The normalized spacial score (nSPS) is 19.4. The van der Waals surface area contributed by atoms with Gasteiger partial charge in [0.2, 0.25) is 0 Å². The van der Waals surface area contributed by atoms with Crippen LogP contribution in [-0.2, 0) is 15.1 Å². The molecule has 0 amide bonds. The molecule has 1 heterocycles. The molecule has 1 atom stereocenters. The highest BCUT2D eigenvalue weighted by atomic mass is 19.4. The van der Waals surface area contributed by atoms with Gasteiger partial charge in [-0.3, -0.25) is 0 Å². The third-order valence-electron chi connectivity index (χ3n) is 3.70. The smallest absolute Gasteiger partial charge is 0.377 e. The topological polar surface area (TPSA) is 18.5 Å². The van der Waals surface area contributed by atoms with E-state index < -0.39 is 11.8 Å². The first-order chi connectivity index (χ1) is 9.38. The van der Waals surface area contributed by atoms with Crippen molar-refractivity contribution >= 4 is 5.57 Å². The highest BCUT2D eigenvalue weighted by Crippen LogP contribution is 2.42. The van der Waals surface area contributed by atoms with E-state index >= 15 is 0 Å². The van der Waals surface area contributed by atoms with Crippen molar-refractivity contribution in [2.24, 2.45) is 0 Å². The quantitative estimate of drug-likeness (QED) is 0.838. The number of alkyl halides is 3. The fraction of sp³-hybridized carbons (Fsp3) is 0.467. The Balaban J connectivity index is 2.41. The van der Waals surface area contributed by atoms with Crippen molar-refractivity contribution in [1.29, 1.82) is 0 Å². The van der Waals surface area contributed by atoms with Gasteiger partial charge in [0.25, 0.3) is 0 Å². The molecular weight excluding hydrogens is 269 g/mol. The van der Waals surface area contributed by atoms with Gasteiger partial charge in [0.15, 0.2) is 5.60 Å². The molecule has 2 nitrogen and oxygen atoms in total. The van der Waals surface area contributed by atoms with Crippen LogP contribution >= 0.6 is 0 Å². The third kappa shape index (κ3) is 2.74. The van der Waals surface area contributed by atoms with Crippen molar-refractivity contribution < 1.29 is 22.6 Å². The van der Waals surface area contributed by atoms with Crippen LogP contribution in [0.5, 0.6) is 0 Å². The zero-order valence-electron chi connectivity index (χ0n) is 11.5. The predicted molar refractivity (Wildman–Crippen MR) is 70.3 cm³/mol. The summed E-state index contributed by atoms with van der Waals surface area (Å²) in [5, 5.41) is 0. The molecule has 1 aromatic carbocycles. The first-order valence-electron chi connectivity index (χ1n) is 6.38. The monoisotopic (exact) mass is 286 g/mol. The Labute approximate surface area is 116 Å². The van der Waals surface area contributed by atoms with Crippen molar-refractivity contribution in [2.75, 3.05) is 20.3 Å². The van der Waals surface area contributed by atoms with E-state index in [9.17, 15) is 13.2 Å². The van der Waals surface area contributed by atoms with Crippen LogP contribution in [0.15, 0.2) is 30.3 Å². The summed E-state index contributed by atoms with van der Waals surface area (Å²) >= 11 is 0. The van der Waals surface area contributed by atoms with Crippen molar-refractivity contribution in [1.82, 2.24) is 0 Å². The minimum atomic E-state index is -4.47. The average molecular weight is 286 g/mol. The van der Waals surface area contributed by atoms with E-state index in [2.05, 4.69) is 0 Å². The van der Waals surface area contributed by atoms with Gasteiger partial charge in [-0.1, -0.05) is 24.3 Å². The molecule has 0 radical (unpaired) electrons. The molecule has 0 saturated carbocycles. The number of hydrogen-bond acceptors (Lipinski definition) is 2. The van der Waals surface area contributed by atoms with Gasteiger partial charge in [0.05, 0.1) is 13.2 Å². The van der Waals surface area contributed by atoms with Crippen molar-refractivity contribution in [3.63, 3.8) is 0 Å². The fourth-order valence-corrected chi connectivity index (χ4v) is 2.20. The Morgan fingerprint density at radius 2 is 2.00 bits per heavy atom. The molecule has 0 N–H and O–H groups in total. The van der Waals surface area contributed by atoms with Crippen LogP contribution in [-0.4, -0.2) is 26.5 Å². The van der Waals surface area contributed by atoms with Crippen molar-refractivity contribution in [3.05, 3.63) is 41.5 Å². The molecule has 1 aromatic rings. The highest BCUT2D eigenvalue weighted by molar-refractivity contribution is 5.67. The lowest BCUT2D eigenvalue weighted by Gasteiger charge is -2.31. The first-order valence-corrected chi connectivity index (χ1v) is 6.38. The molecule has 0 aliphatic carbocycles. The zero-order valence-corrected chi connectivity index (χ0v) is 11.5. The van der Waals surface area contributed by atoms with Crippen LogP contribution in [0.25, 0.3) is 5.57 Å². The van der Waals surface area contributed by atoms with Gasteiger partial charge in [-0.15, -0.1) is 0 Å². The fourth-order valence-electron chi connectivity index (χ4n) is 2.20. The SMILES string of the molecule is COC(C)(c1cccc(C2=CCOCC2)c1)C(F)(F)F. The van der Waals surface area contributed by atoms with Crippen molar-refractivity contribution in [3.8, 4) is 0 Å². The second kappa shape index (κ2) is 5.58. The van der Waals surface area contributed by atoms with Crippen LogP contribution in [0.1, 0.15) is 24.5 Å². The van der Waals surface area contributed by atoms with E-state index in [1.807, 2.05) is 12.1 Å². The number of ether oxygens (including phenoxy) is 2. The first kappa shape index (κ1) is 15.1. The van der Waals surface area contributed by atoms with E-state index in [4.69, 9.17) is 9.47 Å². The maximum absolute atomic E-state index is 13.2. The Morgan fingerprint density at radius 3 is 2.55 bits per heavy atom. The van der Waals surface area contributed by atoms with Gasteiger partial charge >= 0.3 is 6.18 Å². The standard InChI is InChI=1S/C15H17F3O2/c1-14(19-2,15(16,17)18)13-5-3-4-12(10-13)11-6-8-20-9-7-11/h3-6,10H,7-9H2,1-2H3. The molecule has 20 heavy (non-hydrogen) atoms. The number of rotatable bonds is 3. The Hall–Kier alpha value is -1.33. The average Bonchev–Trinajstić information content (AvgIpc) is 2.46. The summed E-state index contributed by atoms with van der Waals surface area (Å²) in [6.07, 6.45) is -1.86. The summed E-state index contributed by atoms with van der Waals surface area (Å²) in [6, 6.07) is 6.44. The number of hydrogen-bond donors (Lipinski definition) is 0. The minimum Gasteiger partial charge on any atom is -0.377 e. The Kier molecular flexibility index (Phi) is 4.20. The molecule has 1 unspecified atom stereocenters. The number of halogens is 3. The van der Waals surface area contributed by atoms with Gasteiger partial charge in [-0.25, -0.2) is 0 Å². The Morgan fingerprint density at radius 1 is 1.25 bits per heavy atom. The second-order valence-electron chi connectivity index (χ2n) is 4.87. The molecule has 0 bridgehead atoms. The van der Waals surface area contributed by atoms with E-state index in [-0.39, 0.29) is 5.56 Å². The van der Waals surface area contributed by atoms with Gasteiger partial charge in [0, 0.05) is 7.11 Å². The molecule has 110 valence electrons. The van der Waals surface area contributed by atoms with E-state index in [0.717, 1.165) is 25.2 Å². The van der Waals surface area contributed by atoms with Crippen molar-refractivity contribution in [2.45, 2.75) is 25.1 Å². The third-order valence-corrected chi connectivity index (χ3v) is 3.70. The lowest BCUT2D eigenvalue weighted by Crippen LogP contribution is -2.41. The lowest BCUT2D eigenvalue weighted by molar-refractivity contribution is -0.269. The summed E-state index contributed by atoms with van der Waals surface area (Å²) < 4.78 is 49.6. The van der Waals surface area contributed by atoms with Crippen LogP contribution in [0.4, 0.5) is 13.2 Å². The van der Waals surface area contributed by atoms with Gasteiger partial charge in [-0.05, 0) is 36.1 Å². The van der Waals surface area contributed by atoms with Gasteiger partial charge in [0.1, 0.15) is 0 Å². The number of benzene rings is 1. The molecule has 0 spiro atoms. The summed E-state index contributed by atoms with van der Waals surface area (Å²) in [5.41, 5.74) is -0.385. The van der Waals surface area contributed by atoms with Crippen LogP contribution in [0.3, 0.4) is 0 Å². The van der Waals surface area contributed by atoms with E-state index in [1.165, 1.54) is 6.07 Å². The molecule has 2 rings (SSSR count). The molecule has 1 aliphatic rings. The zero-order chi connectivity index (χ0) is 14.8. The number of methoxy groups -OCH3 is 1. The van der Waals surface area contributed by atoms with Gasteiger partial charge < -0.3 is 9.47 Å². The highest BCUT2D eigenvalue weighted by Gasteiger charge is 2.53. The molecule has 0 aromatic heterocycles. The van der Waals surface area contributed by atoms with Crippen LogP contribution < -0.4 is 0 Å². The lowest BCUT2D eigenvalue weighted by atomic mass is 9.91. The molecule has 5 heteroatoms. The molecule has 0 fully saturated rings. The summed E-state index contributed by atoms with van der Waals surface area (Å²) in [6.45, 7) is 2.14. The van der Waals surface area contributed by atoms with E-state index in [0.29, 0.717) is 19.6 Å². The molecule has 1 aliphatic heterocycles. The maximum Gasteiger partial charge on any atom is 0.421 e. The maximum atomic E-state index is 13.2. The van der Waals surface area contributed by atoms with E-state index in [1.54, 1.807) is 12.1 Å². The molecular formula is C15H17F3O2. The molecule has 0 saturated heterocycles. The Bertz CT molecular complexity index is 508. The largest absolute Gasteiger partial charge is 0.421 e.